The monoisotopic (exact) mass is 314 g/mol. The van der Waals surface area contributed by atoms with Crippen LogP contribution in [0, 0.1) is 20.8 Å². The molecule has 1 fully saturated rings. The van der Waals surface area contributed by atoms with Crippen LogP contribution in [0.1, 0.15) is 45.8 Å². The number of likely N-dealkylation sites (tertiary alicyclic amines) is 1. The molecule has 0 aliphatic carbocycles. The van der Waals surface area contributed by atoms with Gasteiger partial charge >= 0.3 is 0 Å². The van der Waals surface area contributed by atoms with E-state index in [9.17, 15) is 4.79 Å². The maximum absolute atomic E-state index is 12.5. The van der Waals surface area contributed by atoms with Crippen LogP contribution in [0.2, 0.25) is 0 Å². The molecular weight excluding hydrogens is 292 g/mol. The van der Waals surface area contributed by atoms with Gasteiger partial charge in [0.15, 0.2) is 5.69 Å². The summed E-state index contributed by atoms with van der Waals surface area (Å²) in [5.74, 6) is 1.37. The first-order valence-corrected chi connectivity index (χ1v) is 8.00. The molecule has 1 amide bonds. The van der Waals surface area contributed by atoms with E-state index in [1.54, 1.807) is 0 Å². The minimum absolute atomic E-state index is 0.0571. The summed E-state index contributed by atoms with van der Waals surface area (Å²) in [6.07, 6.45) is 2.11. The van der Waals surface area contributed by atoms with Crippen molar-refractivity contribution in [3.63, 3.8) is 0 Å². The predicted molar refractivity (Wildman–Crippen MR) is 86.6 cm³/mol. The summed E-state index contributed by atoms with van der Waals surface area (Å²) in [6.45, 7) is 7.75. The summed E-state index contributed by atoms with van der Waals surface area (Å²) < 4.78 is 11.1. The third-order valence-corrected chi connectivity index (χ3v) is 4.16. The van der Waals surface area contributed by atoms with Crippen molar-refractivity contribution in [2.45, 2.75) is 40.2 Å². The Hall–Kier alpha value is -2.30. The average molecular weight is 314 g/mol. The highest BCUT2D eigenvalue weighted by atomic mass is 16.5. The number of benzene rings is 1. The molecule has 0 spiro atoms. The quantitative estimate of drug-likeness (QED) is 0.868. The second kappa shape index (κ2) is 6.44. The molecule has 1 aromatic heterocycles. The molecule has 3 rings (SSSR count). The van der Waals surface area contributed by atoms with E-state index in [2.05, 4.69) is 11.2 Å². The van der Waals surface area contributed by atoms with Crippen LogP contribution in [-0.2, 0) is 6.61 Å². The Morgan fingerprint density at radius 3 is 2.48 bits per heavy atom. The Labute approximate surface area is 136 Å². The Morgan fingerprint density at radius 1 is 1.17 bits per heavy atom. The molecule has 0 unspecified atom stereocenters. The van der Waals surface area contributed by atoms with Gasteiger partial charge in [-0.25, -0.2) is 0 Å². The average Bonchev–Trinajstić information content (AvgIpc) is 3.13. The number of carbonyl (C=O) groups excluding carboxylic acids is 1. The van der Waals surface area contributed by atoms with E-state index in [4.69, 9.17) is 9.26 Å². The van der Waals surface area contributed by atoms with Crippen LogP contribution in [-0.4, -0.2) is 29.1 Å². The fourth-order valence-corrected chi connectivity index (χ4v) is 2.97. The van der Waals surface area contributed by atoms with Crippen molar-refractivity contribution in [2.24, 2.45) is 0 Å². The third-order valence-electron chi connectivity index (χ3n) is 4.16. The molecule has 1 saturated heterocycles. The molecule has 5 heteroatoms. The third kappa shape index (κ3) is 3.38. The van der Waals surface area contributed by atoms with Crippen LogP contribution in [0.25, 0.3) is 0 Å². The molecule has 2 aromatic rings. The number of ether oxygens (including phenoxy) is 1. The number of rotatable bonds is 4. The largest absolute Gasteiger partial charge is 0.489 e. The molecule has 0 N–H and O–H groups in total. The molecule has 122 valence electrons. The second-order valence-corrected chi connectivity index (χ2v) is 6.18. The van der Waals surface area contributed by atoms with Crippen LogP contribution in [0.3, 0.4) is 0 Å². The van der Waals surface area contributed by atoms with Gasteiger partial charge in [0.25, 0.3) is 5.91 Å². The molecular formula is C18H22N2O3. The summed E-state index contributed by atoms with van der Waals surface area (Å²) in [7, 11) is 0. The van der Waals surface area contributed by atoms with Gasteiger partial charge in [0.2, 0.25) is 0 Å². The van der Waals surface area contributed by atoms with Crippen molar-refractivity contribution < 1.29 is 14.1 Å². The van der Waals surface area contributed by atoms with E-state index in [0.29, 0.717) is 11.5 Å². The lowest BCUT2D eigenvalue weighted by Crippen LogP contribution is -2.28. The molecule has 0 radical (unpaired) electrons. The lowest BCUT2D eigenvalue weighted by atomic mass is 10.1. The van der Waals surface area contributed by atoms with Crippen molar-refractivity contribution in [3.8, 4) is 5.75 Å². The van der Waals surface area contributed by atoms with E-state index in [0.717, 1.165) is 48.4 Å². The van der Waals surface area contributed by atoms with Crippen LogP contribution >= 0.6 is 0 Å². The molecule has 2 heterocycles. The topological polar surface area (TPSA) is 55.6 Å². The van der Waals surface area contributed by atoms with Gasteiger partial charge in [-0.2, -0.15) is 0 Å². The first-order chi connectivity index (χ1) is 11.0. The maximum atomic E-state index is 12.5. The summed E-state index contributed by atoms with van der Waals surface area (Å²) in [5, 5.41) is 3.96. The number of hydrogen-bond acceptors (Lipinski definition) is 4. The number of nitrogens with zero attached hydrogens (tertiary/aromatic N) is 2. The van der Waals surface area contributed by atoms with Gasteiger partial charge in [0.05, 0.1) is 5.56 Å². The predicted octanol–water partition coefficient (Wildman–Crippen LogP) is 3.41. The first kappa shape index (κ1) is 15.6. The van der Waals surface area contributed by atoms with Crippen molar-refractivity contribution in [1.29, 1.82) is 0 Å². The van der Waals surface area contributed by atoms with Gasteiger partial charge in [-0.05, 0) is 56.9 Å². The first-order valence-electron chi connectivity index (χ1n) is 8.00. The van der Waals surface area contributed by atoms with Crippen LogP contribution in [0.4, 0.5) is 0 Å². The number of hydrogen-bond donors (Lipinski definition) is 0. The number of aromatic nitrogens is 1. The minimum Gasteiger partial charge on any atom is -0.489 e. The number of aryl methyl sites for hydroxylation is 3. The van der Waals surface area contributed by atoms with Gasteiger partial charge in [0, 0.05) is 13.1 Å². The fraction of sp³-hybridized carbons (Fsp3) is 0.444. The molecule has 0 atom stereocenters. The summed E-state index contributed by atoms with van der Waals surface area (Å²) in [4.78, 5) is 14.4. The van der Waals surface area contributed by atoms with Gasteiger partial charge in [-0.3, -0.25) is 4.79 Å². The molecule has 1 aliphatic rings. The van der Waals surface area contributed by atoms with E-state index in [1.807, 2.05) is 37.8 Å². The standard InChI is InChI=1S/C18H22N2O3/c1-12-8-13(2)10-15(9-12)22-11-16-14(3)23-19-17(16)18(21)20-6-4-5-7-20/h8-10H,4-7,11H2,1-3H3. The normalized spacial score (nSPS) is 14.3. The molecule has 0 bridgehead atoms. The fourth-order valence-electron chi connectivity index (χ4n) is 2.97. The molecule has 0 saturated carbocycles. The summed E-state index contributed by atoms with van der Waals surface area (Å²) >= 11 is 0. The van der Waals surface area contributed by atoms with Crippen molar-refractivity contribution in [1.82, 2.24) is 10.1 Å². The van der Waals surface area contributed by atoms with E-state index < -0.39 is 0 Å². The summed E-state index contributed by atoms with van der Waals surface area (Å²) in [6, 6.07) is 6.06. The molecule has 1 aromatic carbocycles. The Bertz CT molecular complexity index is 695. The minimum atomic E-state index is -0.0571. The van der Waals surface area contributed by atoms with Crippen LogP contribution < -0.4 is 4.74 Å². The maximum Gasteiger partial charge on any atom is 0.276 e. The van der Waals surface area contributed by atoms with Crippen molar-refractivity contribution in [2.75, 3.05) is 13.1 Å². The van der Waals surface area contributed by atoms with Gasteiger partial charge < -0.3 is 14.2 Å². The smallest absolute Gasteiger partial charge is 0.276 e. The second-order valence-electron chi connectivity index (χ2n) is 6.18. The van der Waals surface area contributed by atoms with E-state index in [-0.39, 0.29) is 12.5 Å². The van der Waals surface area contributed by atoms with Crippen molar-refractivity contribution >= 4 is 5.91 Å². The van der Waals surface area contributed by atoms with Crippen LogP contribution in [0.15, 0.2) is 22.7 Å². The highest BCUT2D eigenvalue weighted by molar-refractivity contribution is 5.94. The highest BCUT2D eigenvalue weighted by Crippen LogP contribution is 2.22. The SMILES string of the molecule is Cc1cc(C)cc(OCc2c(C(=O)N3CCCC3)noc2C)c1. The zero-order valence-electron chi connectivity index (χ0n) is 13.9. The van der Waals surface area contributed by atoms with Gasteiger partial charge in [-0.1, -0.05) is 11.2 Å². The zero-order valence-corrected chi connectivity index (χ0v) is 13.9. The molecule has 5 nitrogen and oxygen atoms in total. The number of carbonyl (C=O) groups is 1. The Morgan fingerprint density at radius 2 is 1.83 bits per heavy atom. The van der Waals surface area contributed by atoms with Gasteiger partial charge in [0.1, 0.15) is 18.1 Å². The Kier molecular flexibility index (Phi) is 4.37. The molecule has 1 aliphatic heterocycles. The lowest BCUT2D eigenvalue weighted by Gasteiger charge is -2.14. The Balaban J connectivity index is 1.77. The van der Waals surface area contributed by atoms with E-state index in [1.165, 1.54) is 0 Å². The molecule has 23 heavy (non-hydrogen) atoms. The van der Waals surface area contributed by atoms with E-state index >= 15 is 0 Å². The highest BCUT2D eigenvalue weighted by Gasteiger charge is 2.26. The number of amides is 1. The van der Waals surface area contributed by atoms with Crippen molar-refractivity contribution in [3.05, 3.63) is 46.3 Å². The summed E-state index contributed by atoms with van der Waals surface area (Å²) in [5.41, 5.74) is 3.42. The lowest BCUT2D eigenvalue weighted by molar-refractivity contribution is 0.0780. The van der Waals surface area contributed by atoms with Crippen LogP contribution in [0.5, 0.6) is 5.75 Å². The van der Waals surface area contributed by atoms with Gasteiger partial charge in [-0.15, -0.1) is 0 Å². The zero-order chi connectivity index (χ0) is 16.4.